The molecule has 2 aromatic carbocycles. The first-order chi connectivity index (χ1) is 13.5. The van der Waals surface area contributed by atoms with Gasteiger partial charge in [-0.2, -0.15) is 5.10 Å². The number of hydrogen-bond donors (Lipinski definition) is 2. The number of fused-ring (bicyclic) bond motifs is 1. The highest BCUT2D eigenvalue weighted by Crippen LogP contribution is 2.31. The van der Waals surface area contributed by atoms with Crippen molar-refractivity contribution in [3.05, 3.63) is 82.7 Å². The highest BCUT2D eigenvalue weighted by Gasteiger charge is 2.28. The van der Waals surface area contributed by atoms with Gasteiger partial charge >= 0.3 is 0 Å². The average molecular weight is 383 g/mol. The fourth-order valence-electron chi connectivity index (χ4n) is 3.68. The van der Waals surface area contributed by atoms with Crippen molar-refractivity contribution in [3.63, 3.8) is 0 Å². The van der Waals surface area contributed by atoms with Gasteiger partial charge in [0.1, 0.15) is 22.9 Å². The van der Waals surface area contributed by atoms with Crippen molar-refractivity contribution in [2.75, 3.05) is 0 Å². The Morgan fingerprint density at radius 3 is 2.79 bits per heavy atom. The third-order valence-electron chi connectivity index (χ3n) is 5.00. The maximum Gasteiger partial charge on any atom is 0.258 e. The number of benzene rings is 2. The van der Waals surface area contributed by atoms with Crippen LogP contribution in [-0.2, 0) is 13.0 Å². The molecule has 1 unspecified atom stereocenters. The van der Waals surface area contributed by atoms with Crippen molar-refractivity contribution in [3.8, 4) is 5.75 Å². The summed E-state index contributed by atoms with van der Waals surface area (Å²) in [4.78, 5) is 12.5. The molecule has 1 aliphatic rings. The summed E-state index contributed by atoms with van der Waals surface area (Å²) in [6.07, 6.45) is 4.09. The van der Waals surface area contributed by atoms with Crippen LogP contribution in [0.1, 0.15) is 46.1 Å². The molecule has 0 radical (unpaired) electrons. The highest BCUT2D eigenvalue weighted by atomic mass is 19.1. The van der Waals surface area contributed by atoms with Crippen molar-refractivity contribution < 1.29 is 18.7 Å². The van der Waals surface area contributed by atoms with Gasteiger partial charge in [-0.3, -0.25) is 9.48 Å². The second-order valence-corrected chi connectivity index (χ2v) is 6.89. The van der Waals surface area contributed by atoms with Crippen molar-refractivity contribution >= 4 is 5.91 Å². The Bertz CT molecular complexity index is 995. The van der Waals surface area contributed by atoms with Gasteiger partial charge in [0.25, 0.3) is 5.91 Å². The van der Waals surface area contributed by atoms with Crippen molar-refractivity contribution in [1.29, 1.82) is 0 Å². The average Bonchev–Trinajstić information content (AvgIpc) is 3.06. The minimum atomic E-state index is -1.09. The summed E-state index contributed by atoms with van der Waals surface area (Å²) in [5.41, 5.74) is 2.49. The molecule has 1 aliphatic carbocycles. The molecule has 5 nitrogen and oxygen atoms in total. The molecule has 1 heterocycles. The van der Waals surface area contributed by atoms with Crippen LogP contribution >= 0.6 is 0 Å². The predicted molar refractivity (Wildman–Crippen MR) is 98.9 cm³/mol. The lowest BCUT2D eigenvalue weighted by molar-refractivity contribution is 0.0925. The largest absolute Gasteiger partial charge is 0.507 e. The van der Waals surface area contributed by atoms with Gasteiger partial charge in [0.15, 0.2) is 0 Å². The van der Waals surface area contributed by atoms with Gasteiger partial charge in [0, 0.05) is 23.4 Å². The molecule has 4 rings (SSSR count). The van der Waals surface area contributed by atoms with Crippen LogP contribution in [-0.4, -0.2) is 20.8 Å². The summed E-state index contributed by atoms with van der Waals surface area (Å²) in [6.45, 7) is 0.629. The normalized spacial score (nSPS) is 15.9. The number of carbonyl (C=O) groups excluding carboxylic acids is 1. The Morgan fingerprint density at radius 2 is 2.04 bits per heavy atom. The molecule has 28 heavy (non-hydrogen) atoms. The summed E-state index contributed by atoms with van der Waals surface area (Å²) < 4.78 is 29.1. The fraction of sp³-hybridized carbons (Fsp3) is 0.238. The Balaban J connectivity index is 1.57. The molecule has 2 N–H and O–H groups in total. The van der Waals surface area contributed by atoms with E-state index in [1.54, 1.807) is 6.20 Å². The van der Waals surface area contributed by atoms with Crippen molar-refractivity contribution in [2.45, 2.75) is 31.8 Å². The number of nitrogens with zero attached hydrogens (tertiary/aromatic N) is 2. The predicted octanol–water partition coefficient (Wildman–Crippen LogP) is 3.72. The van der Waals surface area contributed by atoms with Crippen LogP contribution in [0.4, 0.5) is 8.78 Å². The van der Waals surface area contributed by atoms with Gasteiger partial charge in [-0.1, -0.05) is 30.3 Å². The maximum absolute atomic E-state index is 14.0. The first kappa shape index (κ1) is 18.2. The molecule has 0 fully saturated rings. The minimum Gasteiger partial charge on any atom is -0.507 e. The van der Waals surface area contributed by atoms with Gasteiger partial charge in [0.2, 0.25) is 0 Å². The lowest BCUT2D eigenvalue weighted by Gasteiger charge is -2.24. The van der Waals surface area contributed by atoms with Crippen LogP contribution in [0.2, 0.25) is 0 Å². The van der Waals surface area contributed by atoms with E-state index in [1.807, 2.05) is 35.0 Å². The number of halogens is 2. The number of aromatic hydroxyl groups is 1. The minimum absolute atomic E-state index is 0.343. The third kappa shape index (κ3) is 3.47. The fourth-order valence-corrected chi connectivity index (χ4v) is 3.68. The number of phenols is 1. The van der Waals surface area contributed by atoms with Crippen LogP contribution in [0.25, 0.3) is 0 Å². The number of carbonyl (C=O) groups is 1. The second-order valence-electron chi connectivity index (χ2n) is 6.89. The van der Waals surface area contributed by atoms with E-state index < -0.39 is 28.9 Å². The number of rotatable bonds is 4. The molecular weight excluding hydrogens is 364 g/mol. The molecule has 0 bridgehead atoms. The number of phenolic OH excluding ortho intramolecular Hbond substituents is 1. The van der Waals surface area contributed by atoms with E-state index in [2.05, 4.69) is 10.4 Å². The number of hydrogen-bond acceptors (Lipinski definition) is 3. The lowest BCUT2D eigenvalue weighted by atomic mass is 9.92. The lowest BCUT2D eigenvalue weighted by Crippen LogP contribution is -2.31. The first-order valence-corrected chi connectivity index (χ1v) is 9.10. The topological polar surface area (TPSA) is 67.2 Å². The molecule has 1 aromatic heterocycles. The first-order valence-electron chi connectivity index (χ1n) is 9.10. The van der Waals surface area contributed by atoms with E-state index in [9.17, 15) is 18.7 Å². The van der Waals surface area contributed by atoms with E-state index >= 15 is 0 Å². The van der Waals surface area contributed by atoms with Crippen molar-refractivity contribution in [2.24, 2.45) is 0 Å². The Hall–Kier alpha value is -3.22. The van der Waals surface area contributed by atoms with Crippen LogP contribution in [0.5, 0.6) is 5.75 Å². The third-order valence-corrected chi connectivity index (χ3v) is 5.00. The number of amides is 1. The summed E-state index contributed by atoms with van der Waals surface area (Å²) >= 11 is 0. The van der Waals surface area contributed by atoms with Gasteiger partial charge in [-0.05, 0) is 24.8 Å². The zero-order valence-corrected chi connectivity index (χ0v) is 15.0. The van der Waals surface area contributed by atoms with Gasteiger partial charge in [0.05, 0.1) is 18.8 Å². The summed E-state index contributed by atoms with van der Waals surface area (Å²) in [5, 5.41) is 17.0. The second kappa shape index (κ2) is 7.42. The van der Waals surface area contributed by atoms with E-state index in [0.717, 1.165) is 35.7 Å². The maximum atomic E-state index is 14.0. The number of nitrogens with one attached hydrogen (secondary N) is 1. The molecule has 7 heteroatoms. The monoisotopic (exact) mass is 383 g/mol. The number of aromatic nitrogens is 2. The summed E-state index contributed by atoms with van der Waals surface area (Å²) in [5.74, 6) is -3.52. The van der Waals surface area contributed by atoms with Gasteiger partial charge in [-0.15, -0.1) is 0 Å². The van der Waals surface area contributed by atoms with Crippen LogP contribution in [0.3, 0.4) is 0 Å². The Labute approximate surface area is 160 Å². The Morgan fingerprint density at radius 1 is 1.25 bits per heavy atom. The molecular formula is C21H19F2N3O2. The van der Waals surface area contributed by atoms with Gasteiger partial charge < -0.3 is 10.4 Å². The standard InChI is InChI=1S/C21H19F2N3O2/c22-14-9-16(23)20(19(27)10-14)21(28)25-17-7-4-8-18-15(17)11-24-26(18)12-13-5-2-1-3-6-13/h1-3,5-6,9-11,17,27H,4,7-8,12H2,(H,25,28). The van der Waals surface area contributed by atoms with E-state index in [-0.39, 0.29) is 6.04 Å². The Kier molecular flexibility index (Phi) is 4.81. The van der Waals surface area contributed by atoms with E-state index in [0.29, 0.717) is 19.0 Å². The molecule has 1 atom stereocenters. The zero-order valence-electron chi connectivity index (χ0n) is 15.0. The van der Waals surface area contributed by atoms with Crippen molar-refractivity contribution in [1.82, 2.24) is 15.1 Å². The molecule has 0 saturated heterocycles. The molecule has 0 spiro atoms. The summed E-state index contributed by atoms with van der Waals surface area (Å²) in [6, 6.07) is 10.9. The zero-order chi connectivity index (χ0) is 19.7. The molecule has 1 amide bonds. The summed E-state index contributed by atoms with van der Waals surface area (Å²) in [7, 11) is 0. The van der Waals surface area contributed by atoms with Gasteiger partial charge in [-0.25, -0.2) is 8.78 Å². The molecule has 3 aromatic rings. The quantitative estimate of drug-likeness (QED) is 0.722. The highest BCUT2D eigenvalue weighted by molar-refractivity contribution is 5.97. The van der Waals surface area contributed by atoms with Crippen LogP contribution < -0.4 is 5.32 Å². The molecule has 144 valence electrons. The SMILES string of the molecule is O=C(NC1CCCc2c1cnn2Cc1ccccc1)c1c(O)cc(F)cc1F. The smallest absolute Gasteiger partial charge is 0.258 e. The van der Waals surface area contributed by atoms with Crippen LogP contribution in [0, 0.1) is 11.6 Å². The van der Waals surface area contributed by atoms with E-state index in [4.69, 9.17) is 0 Å². The van der Waals surface area contributed by atoms with E-state index in [1.165, 1.54) is 0 Å². The van der Waals surface area contributed by atoms with Crippen LogP contribution in [0.15, 0.2) is 48.7 Å². The molecule has 0 saturated carbocycles. The molecule has 0 aliphatic heterocycles.